The highest BCUT2D eigenvalue weighted by atomic mass is 16.3. The molecule has 4 nitrogen and oxygen atoms in total. The van der Waals surface area contributed by atoms with Crippen molar-refractivity contribution >= 4 is 11.0 Å². The second-order valence-electron chi connectivity index (χ2n) is 5.26. The van der Waals surface area contributed by atoms with E-state index in [2.05, 4.69) is 36.2 Å². The van der Waals surface area contributed by atoms with Gasteiger partial charge in [-0.15, -0.1) is 0 Å². The van der Waals surface area contributed by atoms with Crippen molar-refractivity contribution in [3.8, 4) is 6.07 Å². The van der Waals surface area contributed by atoms with Crippen molar-refractivity contribution in [1.29, 1.82) is 5.26 Å². The maximum atomic E-state index is 9.58. The fourth-order valence-corrected chi connectivity index (χ4v) is 2.61. The lowest BCUT2D eigenvalue weighted by Crippen LogP contribution is -2.05. The Kier molecular flexibility index (Phi) is 3.90. The molecule has 3 aromatic rings. The molecule has 0 spiro atoms. The maximum absolute atomic E-state index is 9.58. The zero-order chi connectivity index (χ0) is 15.5. The van der Waals surface area contributed by atoms with Gasteiger partial charge in [-0.3, -0.25) is 0 Å². The van der Waals surface area contributed by atoms with Gasteiger partial charge in [0.25, 0.3) is 0 Å². The molecule has 0 saturated heterocycles. The van der Waals surface area contributed by atoms with Crippen LogP contribution in [0.5, 0.6) is 0 Å². The summed E-state index contributed by atoms with van der Waals surface area (Å²) in [6, 6.07) is 15.8. The first-order valence-corrected chi connectivity index (χ1v) is 7.33. The molecule has 1 aromatic heterocycles. The van der Waals surface area contributed by atoms with Gasteiger partial charge in [-0.05, 0) is 41.8 Å². The Bertz CT molecular complexity index is 841. The highest BCUT2D eigenvalue weighted by Gasteiger charge is 2.11. The molecular formula is C18H17N3O. The standard InChI is InChI=1S/C18H17N3O/c1-2-13-7-8-17-16(9-13)20-18(12-22)21(17)11-15-5-3-14(10-19)4-6-15/h3-9,22H,2,11-12H2,1H3. The molecule has 1 N–H and O–H groups in total. The van der Waals surface area contributed by atoms with Crippen LogP contribution in [0.2, 0.25) is 0 Å². The summed E-state index contributed by atoms with van der Waals surface area (Å²) in [6.07, 6.45) is 0.965. The number of aliphatic hydroxyl groups excluding tert-OH is 1. The van der Waals surface area contributed by atoms with Gasteiger partial charge in [0.2, 0.25) is 0 Å². The molecule has 110 valence electrons. The quantitative estimate of drug-likeness (QED) is 0.803. The summed E-state index contributed by atoms with van der Waals surface area (Å²) < 4.78 is 2.02. The molecule has 0 bridgehead atoms. The third-order valence-corrected chi connectivity index (χ3v) is 3.87. The van der Waals surface area contributed by atoms with Gasteiger partial charge in [-0.1, -0.05) is 25.1 Å². The minimum atomic E-state index is -0.0909. The SMILES string of the molecule is CCc1ccc2c(c1)nc(CO)n2Cc1ccc(C#N)cc1. The molecule has 22 heavy (non-hydrogen) atoms. The summed E-state index contributed by atoms with van der Waals surface area (Å²) in [5, 5.41) is 18.4. The Morgan fingerprint density at radius 2 is 1.86 bits per heavy atom. The molecular weight excluding hydrogens is 274 g/mol. The monoisotopic (exact) mass is 291 g/mol. The zero-order valence-corrected chi connectivity index (χ0v) is 12.5. The van der Waals surface area contributed by atoms with Gasteiger partial charge in [0.1, 0.15) is 12.4 Å². The smallest absolute Gasteiger partial charge is 0.136 e. The normalized spacial score (nSPS) is 10.8. The molecule has 0 fully saturated rings. The summed E-state index contributed by atoms with van der Waals surface area (Å²) in [7, 11) is 0. The van der Waals surface area contributed by atoms with E-state index >= 15 is 0 Å². The fraction of sp³-hybridized carbons (Fsp3) is 0.222. The first-order chi connectivity index (χ1) is 10.7. The molecule has 0 unspecified atom stereocenters. The predicted octanol–water partition coefficient (Wildman–Crippen LogP) is 3.01. The van der Waals surface area contributed by atoms with Gasteiger partial charge in [0.15, 0.2) is 0 Å². The van der Waals surface area contributed by atoms with E-state index in [0.29, 0.717) is 17.9 Å². The Balaban J connectivity index is 2.02. The van der Waals surface area contributed by atoms with E-state index < -0.39 is 0 Å². The summed E-state index contributed by atoms with van der Waals surface area (Å²) in [6.45, 7) is 2.65. The van der Waals surface area contributed by atoms with Gasteiger partial charge < -0.3 is 9.67 Å². The Hall–Kier alpha value is -2.64. The van der Waals surface area contributed by atoms with Crippen molar-refractivity contribution in [1.82, 2.24) is 9.55 Å². The maximum Gasteiger partial charge on any atom is 0.136 e. The number of fused-ring (bicyclic) bond motifs is 1. The second kappa shape index (κ2) is 6.00. The number of nitriles is 1. The Morgan fingerprint density at radius 3 is 2.50 bits per heavy atom. The first-order valence-electron chi connectivity index (χ1n) is 7.33. The molecule has 0 amide bonds. The summed E-state index contributed by atoms with van der Waals surface area (Å²) in [4.78, 5) is 4.53. The van der Waals surface area contributed by atoms with Crippen LogP contribution in [0.15, 0.2) is 42.5 Å². The molecule has 0 atom stereocenters. The van der Waals surface area contributed by atoms with Crippen LogP contribution >= 0.6 is 0 Å². The van der Waals surface area contributed by atoms with Crippen molar-refractivity contribution < 1.29 is 5.11 Å². The minimum Gasteiger partial charge on any atom is -0.388 e. The van der Waals surface area contributed by atoms with Crippen LogP contribution in [-0.4, -0.2) is 14.7 Å². The number of hydrogen-bond acceptors (Lipinski definition) is 3. The first kappa shape index (κ1) is 14.3. The van der Waals surface area contributed by atoms with Crippen molar-refractivity contribution in [2.45, 2.75) is 26.5 Å². The molecule has 3 rings (SSSR count). The largest absolute Gasteiger partial charge is 0.388 e. The van der Waals surface area contributed by atoms with Gasteiger partial charge in [0.05, 0.1) is 22.7 Å². The molecule has 0 radical (unpaired) electrons. The van der Waals surface area contributed by atoms with Crippen molar-refractivity contribution in [3.63, 3.8) is 0 Å². The summed E-state index contributed by atoms with van der Waals surface area (Å²) in [5.74, 6) is 0.660. The van der Waals surface area contributed by atoms with Crippen LogP contribution in [0.1, 0.15) is 29.4 Å². The Morgan fingerprint density at radius 1 is 1.14 bits per heavy atom. The minimum absolute atomic E-state index is 0.0909. The van der Waals surface area contributed by atoms with Gasteiger partial charge in [0, 0.05) is 6.54 Å². The average Bonchev–Trinajstić information content (AvgIpc) is 2.92. The third kappa shape index (κ3) is 2.59. The number of benzene rings is 2. The van der Waals surface area contributed by atoms with Gasteiger partial charge in [-0.2, -0.15) is 5.26 Å². The van der Waals surface area contributed by atoms with E-state index in [1.165, 1.54) is 5.56 Å². The van der Waals surface area contributed by atoms with E-state index in [-0.39, 0.29) is 6.61 Å². The molecule has 0 aliphatic heterocycles. The fourth-order valence-electron chi connectivity index (χ4n) is 2.61. The van der Waals surface area contributed by atoms with Crippen molar-refractivity contribution in [2.75, 3.05) is 0 Å². The number of rotatable bonds is 4. The highest BCUT2D eigenvalue weighted by molar-refractivity contribution is 5.77. The van der Waals surface area contributed by atoms with Crippen LogP contribution in [-0.2, 0) is 19.6 Å². The third-order valence-electron chi connectivity index (χ3n) is 3.87. The molecule has 4 heteroatoms. The number of aliphatic hydroxyl groups is 1. The predicted molar refractivity (Wildman–Crippen MR) is 85.3 cm³/mol. The molecule has 0 saturated carbocycles. The lowest BCUT2D eigenvalue weighted by Gasteiger charge is -2.08. The lowest BCUT2D eigenvalue weighted by atomic mass is 10.1. The van der Waals surface area contributed by atoms with Crippen LogP contribution in [0.25, 0.3) is 11.0 Å². The molecule has 1 heterocycles. The van der Waals surface area contributed by atoms with Crippen molar-refractivity contribution in [2.24, 2.45) is 0 Å². The van der Waals surface area contributed by atoms with Crippen LogP contribution in [0, 0.1) is 11.3 Å². The highest BCUT2D eigenvalue weighted by Crippen LogP contribution is 2.20. The van der Waals surface area contributed by atoms with Crippen molar-refractivity contribution in [3.05, 3.63) is 65.0 Å². The van der Waals surface area contributed by atoms with E-state index in [1.807, 2.05) is 28.8 Å². The Labute approximate surface area is 129 Å². The van der Waals surface area contributed by atoms with Gasteiger partial charge in [-0.25, -0.2) is 4.98 Å². The number of imidazole rings is 1. The number of hydrogen-bond donors (Lipinski definition) is 1. The van der Waals surface area contributed by atoms with Gasteiger partial charge >= 0.3 is 0 Å². The number of aryl methyl sites for hydroxylation is 1. The van der Waals surface area contributed by atoms with Crippen LogP contribution in [0.3, 0.4) is 0 Å². The number of nitrogens with zero attached hydrogens (tertiary/aromatic N) is 3. The topological polar surface area (TPSA) is 61.8 Å². The van der Waals surface area contributed by atoms with E-state index in [4.69, 9.17) is 5.26 Å². The zero-order valence-electron chi connectivity index (χ0n) is 12.5. The molecule has 2 aromatic carbocycles. The summed E-state index contributed by atoms with van der Waals surface area (Å²) >= 11 is 0. The van der Waals surface area contributed by atoms with Crippen LogP contribution in [0.4, 0.5) is 0 Å². The van der Waals surface area contributed by atoms with E-state index in [0.717, 1.165) is 23.0 Å². The molecule has 0 aliphatic carbocycles. The summed E-state index contributed by atoms with van der Waals surface area (Å²) in [5.41, 5.74) is 4.89. The van der Waals surface area contributed by atoms with E-state index in [9.17, 15) is 5.11 Å². The second-order valence-corrected chi connectivity index (χ2v) is 5.26. The van der Waals surface area contributed by atoms with E-state index in [1.54, 1.807) is 0 Å². The lowest BCUT2D eigenvalue weighted by molar-refractivity contribution is 0.267. The number of aromatic nitrogens is 2. The van der Waals surface area contributed by atoms with Crippen LogP contribution < -0.4 is 0 Å². The molecule has 0 aliphatic rings. The average molecular weight is 291 g/mol.